The summed E-state index contributed by atoms with van der Waals surface area (Å²) in [5, 5.41) is 0. The summed E-state index contributed by atoms with van der Waals surface area (Å²) in [6, 6.07) is 5.25. The summed E-state index contributed by atoms with van der Waals surface area (Å²) >= 11 is 0. The zero-order valence-corrected chi connectivity index (χ0v) is 17.4. The number of Topliss-reactive ketones (excluding diaryl/α,β-unsaturated/α-hetero) is 1. The fourth-order valence-electron chi connectivity index (χ4n) is 5.89. The van der Waals surface area contributed by atoms with E-state index in [-0.39, 0.29) is 5.41 Å². The molecule has 3 aliphatic rings. The number of alkyl halides is 3. The van der Waals surface area contributed by atoms with E-state index in [1.165, 1.54) is 11.8 Å². The standard InChI is InChI=1S/C21H26F3NO3S/c1-20-10-9-15-14-6-4-13(29(2,28)25-19(27)21(22,23)24)11-12(14)3-5-16(15)17(20)7-8-18(20)26/h4,6,11,15-17,29H,3,5,7-10H2,1-2H3,(H,25,27,28)/t15-,16-,17+,20+/m1/s1. The highest BCUT2D eigenvalue weighted by Crippen LogP contribution is 2.59. The number of fused-ring (bicyclic) bond motifs is 5. The second-order valence-corrected chi connectivity index (χ2v) is 11.6. The van der Waals surface area contributed by atoms with Crippen molar-refractivity contribution in [2.24, 2.45) is 21.6 Å². The van der Waals surface area contributed by atoms with Gasteiger partial charge in [0.15, 0.2) is 0 Å². The van der Waals surface area contributed by atoms with Gasteiger partial charge in [0, 0.05) is 16.7 Å². The fourth-order valence-corrected chi connectivity index (χ4v) is 7.23. The summed E-state index contributed by atoms with van der Waals surface area (Å²) in [6.45, 7) is 2.11. The topological polar surface area (TPSA) is 66.7 Å². The molecular formula is C21H26F3NO3S. The maximum atomic E-state index is 12.6. The van der Waals surface area contributed by atoms with E-state index in [0.29, 0.717) is 34.9 Å². The highest BCUT2D eigenvalue weighted by molar-refractivity contribution is 7.99. The Bertz CT molecular complexity index is 936. The second-order valence-electron chi connectivity index (χ2n) is 9.03. The van der Waals surface area contributed by atoms with Crippen LogP contribution in [0.1, 0.15) is 56.1 Å². The van der Waals surface area contributed by atoms with Gasteiger partial charge in [-0.15, -0.1) is 0 Å². The summed E-state index contributed by atoms with van der Waals surface area (Å²) in [4.78, 5) is 24.0. The predicted molar refractivity (Wildman–Crippen MR) is 105 cm³/mol. The molecule has 2 fully saturated rings. The van der Waals surface area contributed by atoms with E-state index < -0.39 is 22.2 Å². The molecule has 0 spiro atoms. The number of thiol groups is 1. The molecular weight excluding hydrogens is 403 g/mol. The summed E-state index contributed by atoms with van der Waals surface area (Å²) in [5.74, 6) is -0.666. The Hall–Kier alpha value is -1.54. The lowest BCUT2D eigenvalue weighted by Gasteiger charge is -2.48. The number of rotatable bonds is 1. The number of amides is 1. The molecule has 0 radical (unpaired) electrons. The maximum Gasteiger partial charge on any atom is 0.474 e. The lowest BCUT2D eigenvalue weighted by molar-refractivity contribution is -0.169. The minimum Gasteiger partial charge on any atom is -0.340 e. The molecule has 0 heterocycles. The predicted octanol–water partition coefficient (Wildman–Crippen LogP) is 4.73. The molecule has 0 saturated heterocycles. The third-order valence-corrected chi connectivity index (χ3v) is 9.26. The number of halogens is 3. The third kappa shape index (κ3) is 3.38. The summed E-state index contributed by atoms with van der Waals surface area (Å²) in [5.41, 5.74) is 1.99. The molecule has 1 N–H and O–H groups in total. The van der Waals surface area contributed by atoms with E-state index in [1.54, 1.807) is 12.1 Å². The van der Waals surface area contributed by atoms with Crippen molar-refractivity contribution in [3.8, 4) is 0 Å². The lowest BCUT2D eigenvalue weighted by atomic mass is 9.55. The summed E-state index contributed by atoms with van der Waals surface area (Å²) in [6.07, 6.45) is 1.24. The van der Waals surface area contributed by atoms with Crippen molar-refractivity contribution in [2.75, 3.05) is 6.26 Å². The van der Waals surface area contributed by atoms with Crippen LogP contribution in [0.4, 0.5) is 13.2 Å². The van der Waals surface area contributed by atoms with Crippen molar-refractivity contribution >= 4 is 21.8 Å². The average molecular weight is 430 g/mol. The minimum absolute atomic E-state index is 0.204. The number of benzene rings is 1. The highest BCUT2D eigenvalue weighted by Gasteiger charge is 2.54. The molecule has 1 aromatic carbocycles. The molecule has 0 bridgehead atoms. The number of carbonyl (C=O) groups excluding carboxylic acids is 2. The van der Waals surface area contributed by atoms with Gasteiger partial charge in [-0.25, -0.2) is 0 Å². The van der Waals surface area contributed by atoms with Gasteiger partial charge in [0.05, 0.1) is 0 Å². The van der Waals surface area contributed by atoms with Crippen LogP contribution < -0.4 is 0 Å². The Labute approximate surface area is 169 Å². The van der Waals surface area contributed by atoms with Crippen LogP contribution in [0.3, 0.4) is 0 Å². The fraction of sp³-hybridized carbons (Fsp3) is 0.619. The second kappa shape index (κ2) is 6.74. The monoisotopic (exact) mass is 429 g/mol. The first-order valence-corrected chi connectivity index (χ1v) is 12.2. The quantitative estimate of drug-likeness (QED) is 0.634. The lowest BCUT2D eigenvalue weighted by Crippen LogP contribution is -2.42. The smallest absolute Gasteiger partial charge is 0.340 e. The van der Waals surface area contributed by atoms with Crippen LogP contribution in [0.2, 0.25) is 0 Å². The zero-order chi connectivity index (χ0) is 21.2. The van der Waals surface area contributed by atoms with Gasteiger partial charge in [-0.2, -0.15) is 17.5 Å². The number of carbonyl (C=O) groups is 2. The van der Waals surface area contributed by atoms with Crippen molar-refractivity contribution < 1.29 is 27.3 Å². The van der Waals surface area contributed by atoms with Crippen molar-refractivity contribution in [1.82, 2.24) is 0 Å². The molecule has 1 aromatic rings. The molecule has 8 heteroatoms. The van der Waals surface area contributed by atoms with Crippen LogP contribution in [0.25, 0.3) is 0 Å². The van der Waals surface area contributed by atoms with Gasteiger partial charge in [0.2, 0.25) is 0 Å². The summed E-state index contributed by atoms with van der Waals surface area (Å²) in [7, 11) is -3.56. The summed E-state index contributed by atoms with van der Waals surface area (Å²) < 4.78 is 51.3. The minimum atomic E-state index is -5.08. The van der Waals surface area contributed by atoms with Gasteiger partial charge >= 0.3 is 12.1 Å². The van der Waals surface area contributed by atoms with Gasteiger partial charge in [-0.1, -0.05) is 23.1 Å². The normalized spacial score (nSPS) is 32.2. The van der Waals surface area contributed by atoms with Gasteiger partial charge in [0.1, 0.15) is 5.78 Å². The van der Waals surface area contributed by atoms with Crippen LogP contribution in [-0.4, -0.2) is 28.7 Å². The number of aryl methyl sites for hydroxylation is 1. The molecule has 0 aliphatic heterocycles. The molecule has 4 rings (SSSR count). The van der Waals surface area contributed by atoms with Crippen LogP contribution in [-0.2, 0) is 26.1 Å². The Balaban J connectivity index is 1.65. The van der Waals surface area contributed by atoms with Crippen LogP contribution in [0, 0.1) is 17.3 Å². The number of ketones is 1. The molecule has 160 valence electrons. The Morgan fingerprint density at radius 1 is 1.24 bits per heavy atom. The van der Waals surface area contributed by atoms with E-state index in [4.69, 9.17) is 0 Å². The zero-order valence-electron chi connectivity index (χ0n) is 16.5. The van der Waals surface area contributed by atoms with E-state index in [9.17, 15) is 27.3 Å². The molecule has 4 atom stereocenters. The highest BCUT2D eigenvalue weighted by atomic mass is 32.3. The van der Waals surface area contributed by atoms with E-state index in [0.717, 1.165) is 37.7 Å². The van der Waals surface area contributed by atoms with Crippen molar-refractivity contribution in [3.05, 3.63) is 29.3 Å². The first-order chi connectivity index (χ1) is 13.4. The Morgan fingerprint density at radius 2 is 1.97 bits per heavy atom. The first-order valence-electron chi connectivity index (χ1n) is 10.0. The molecule has 0 aromatic heterocycles. The van der Waals surface area contributed by atoms with Crippen molar-refractivity contribution in [1.29, 1.82) is 0 Å². The van der Waals surface area contributed by atoms with Crippen LogP contribution >= 0.6 is 0 Å². The molecule has 2 saturated carbocycles. The first kappa shape index (κ1) is 20.7. The molecule has 3 aliphatic carbocycles. The van der Waals surface area contributed by atoms with Crippen molar-refractivity contribution in [2.45, 2.75) is 62.4 Å². The van der Waals surface area contributed by atoms with E-state index in [2.05, 4.69) is 11.3 Å². The van der Waals surface area contributed by atoms with Crippen LogP contribution in [0.5, 0.6) is 0 Å². The molecule has 1 amide bonds. The van der Waals surface area contributed by atoms with Gasteiger partial charge in [-0.3, -0.25) is 9.59 Å². The number of hydrogen-bond acceptors (Lipinski definition) is 2. The van der Waals surface area contributed by atoms with Gasteiger partial charge in [-0.05, 0) is 79.4 Å². The number of hydrogen-bond donors (Lipinski definition) is 2. The van der Waals surface area contributed by atoms with E-state index >= 15 is 0 Å². The number of nitrogens with zero attached hydrogens (tertiary/aromatic N) is 1. The van der Waals surface area contributed by atoms with Gasteiger partial charge in [0.25, 0.3) is 0 Å². The Kier molecular flexibility index (Phi) is 4.81. The molecule has 29 heavy (non-hydrogen) atoms. The maximum absolute atomic E-state index is 12.6. The van der Waals surface area contributed by atoms with Crippen molar-refractivity contribution in [3.63, 3.8) is 0 Å². The molecule has 0 unspecified atom stereocenters. The SMILES string of the molecule is C[C@]12CC[C@@H]3c4ccc([SH](C)(O)=NC(=O)C(F)(F)F)cc4CC[C@H]3[C@@H]1CCC2=O. The third-order valence-electron chi connectivity index (χ3n) is 7.44. The average Bonchev–Trinajstić information content (AvgIpc) is 2.95. The van der Waals surface area contributed by atoms with Gasteiger partial charge < -0.3 is 4.55 Å². The van der Waals surface area contributed by atoms with E-state index in [1.807, 2.05) is 6.07 Å². The van der Waals surface area contributed by atoms with Crippen LogP contribution in [0.15, 0.2) is 27.5 Å². The molecule has 4 nitrogen and oxygen atoms in total. The largest absolute Gasteiger partial charge is 0.474 e. The Morgan fingerprint density at radius 3 is 2.66 bits per heavy atom.